The Hall–Kier alpha value is -3.16. The molecular weight excluding hydrogens is 410 g/mol. The van der Waals surface area contributed by atoms with Crippen LogP contribution in [0.1, 0.15) is 25.3 Å². The van der Waals surface area contributed by atoms with Crippen molar-refractivity contribution in [1.29, 1.82) is 0 Å². The molecule has 0 aromatic heterocycles. The summed E-state index contributed by atoms with van der Waals surface area (Å²) in [5.41, 5.74) is 2.83. The van der Waals surface area contributed by atoms with Crippen LogP contribution >= 0.6 is 0 Å². The molecule has 1 N–H and O–H groups in total. The second-order valence-electron chi connectivity index (χ2n) is 7.50. The molecule has 0 spiro atoms. The van der Waals surface area contributed by atoms with Gasteiger partial charge < -0.3 is 24.3 Å². The minimum atomic E-state index is -0.633. The van der Waals surface area contributed by atoms with E-state index in [1.165, 1.54) is 0 Å². The topological polar surface area (TPSA) is 83.1 Å². The molecule has 2 aromatic rings. The molecule has 3 rings (SSSR count). The zero-order valence-electron chi connectivity index (χ0n) is 18.9. The molecule has 32 heavy (non-hydrogen) atoms. The maximum absolute atomic E-state index is 13.1. The minimum Gasteiger partial charge on any atom is -0.460 e. The van der Waals surface area contributed by atoms with Gasteiger partial charge in [-0.15, -0.1) is 0 Å². The predicted molar refractivity (Wildman–Crippen MR) is 121 cm³/mol. The third kappa shape index (κ3) is 5.18. The third-order valence-electron chi connectivity index (χ3n) is 5.35. The fourth-order valence-electron chi connectivity index (χ4n) is 3.85. The maximum Gasteiger partial charge on any atom is 0.336 e. The first-order chi connectivity index (χ1) is 15.5. The highest BCUT2D eigenvalue weighted by atomic mass is 16.6. The van der Waals surface area contributed by atoms with Crippen LogP contribution in [-0.2, 0) is 28.5 Å². The maximum atomic E-state index is 13.1. The number of hydrogen-bond donors (Lipinski definition) is 1. The van der Waals surface area contributed by atoms with E-state index in [-0.39, 0.29) is 26.4 Å². The van der Waals surface area contributed by atoms with Gasteiger partial charge in [-0.25, -0.2) is 9.59 Å². The zero-order valence-corrected chi connectivity index (χ0v) is 18.9. The monoisotopic (exact) mass is 439 g/mol. The average molecular weight is 440 g/mol. The van der Waals surface area contributed by atoms with Gasteiger partial charge in [0.15, 0.2) is 0 Å². The van der Waals surface area contributed by atoms with E-state index in [0.717, 1.165) is 16.3 Å². The molecule has 0 radical (unpaired) electrons. The lowest BCUT2D eigenvalue weighted by molar-refractivity contribution is -0.141. The Kier molecular flexibility index (Phi) is 8.03. The van der Waals surface area contributed by atoms with Crippen LogP contribution in [0.4, 0.5) is 0 Å². The number of methoxy groups -OCH3 is 2. The van der Waals surface area contributed by atoms with Crippen LogP contribution in [0.15, 0.2) is 65.0 Å². The standard InChI is InChI=1S/C25H29NO6/c1-16-21(24(27)31-13-11-29-3)23(20-10-9-18-7-5-6-8-19(18)15-20)22(17(2)26-16)25(28)32-14-12-30-4/h5-10,15,23,26H,11-14H2,1-4H3. The van der Waals surface area contributed by atoms with Crippen LogP contribution in [0.3, 0.4) is 0 Å². The van der Waals surface area contributed by atoms with Crippen LogP contribution in [-0.4, -0.2) is 52.6 Å². The van der Waals surface area contributed by atoms with E-state index in [1.807, 2.05) is 42.5 Å². The van der Waals surface area contributed by atoms with Crippen LogP contribution in [0.2, 0.25) is 0 Å². The lowest BCUT2D eigenvalue weighted by Gasteiger charge is -2.30. The average Bonchev–Trinajstić information content (AvgIpc) is 2.78. The van der Waals surface area contributed by atoms with E-state index in [4.69, 9.17) is 18.9 Å². The number of hydrogen-bond acceptors (Lipinski definition) is 7. The van der Waals surface area contributed by atoms with Gasteiger partial charge in [0.1, 0.15) is 13.2 Å². The molecular formula is C25H29NO6. The van der Waals surface area contributed by atoms with Gasteiger partial charge in [0.2, 0.25) is 0 Å². The smallest absolute Gasteiger partial charge is 0.336 e. The first-order valence-electron chi connectivity index (χ1n) is 10.5. The molecule has 1 heterocycles. The summed E-state index contributed by atoms with van der Waals surface area (Å²) in [5, 5.41) is 5.24. The lowest BCUT2D eigenvalue weighted by atomic mass is 9.80. The number of benzene rings is 2. The van der Waals surface area contributed by atoms with E-state index >= 15 is 0 Å². The molecule has 0 aliphatic carbocycles. The Morgan fingerprint density at radius 1 is 0.781 bits per heavy atom. The van der Waals surface area contributed by atoms with Crippen molar-refractivity contribution in [3.8, 4) is 0 Å². The van der Waals surface area contributed by atoms with Gasteiger partial charge in [-0.1, -0.05) is 42.5 Å². The van der Waals surface area contributed by atoms with Crippen LogP contribution in [0.5, 0.6) is 0 Å². The summed E-state index contributed by atoms with van der Waals surface area (Å²) in [5.74, 6) is -1.63. The highest BCUT2D eigenvalue weighted by Crippen LogP contribution is 2.40. The number of allylic oxidation sites excluding steroid dienone is 2. The molecule has 0 saturated heterocycles. The van der Waals surface area contributed by atoms with Crippen LogP contribution < -0.4 is 5.32 Å². The lowest BCUT2D eigenvalue weighted by Crippen LogP contribution is -2.33. The summed E-state index contributed by atoms with van der Waals surface area (Å²) in [6, 6.07) is 13.9. The molecule has 0 saturated carbocycles. The number of carbonyl (C=O) groups is 2. The number of ether oxygens (including phenoxy) is 4. The molecule has 7 heteroatoms. The first kappa shape index (κ1) is 23.5. The molecule has 0 fully saturated rings. The minimum absolute atomic E-state index is 0.118. The predicted octanol–water partition coefficient (Wildman–Crippen LogP) is 3.45. The fourth-order valence-corrected chi connectivity index (χ4v) is 3.85. The summed E-state index contributed by atoms with van der Waals surface area (Å²) in [4.78, 5) is 26.2. The van der Waals surface area contributed by atoms with E-state index in [9.17, 15) is 9.59 Å². The largest absolute Gasteiger partial charge is 0.460 e. The van der Waals surface area contributed by atoms with Gasteiger partial charge in [0.05, 0.1) is 30.3 Å². The van der Waals surface area contributed by atoms with Gasteiger partial charge in [-0.05, 0) is 30.2 Å². The van der Waals surface area contributed by atoms with Crippen molar-refractivity contribution in [1.82, 2.24) is 5.32 Å². The highest BCUT2D eigenvalue weighted by Gasteiger charge is 2.38. The summed E-state index contributed by atoms with van der Waals surface area (Å²) in [6.07, 6.45) is 0. The molecule has 0 bridgehead atoms. The van der Waals surface area contributed by atoms with Gasteiger partial charge in [0.25, 0.3) is 0 Å². The Bertz CT molecular complexity index is 1010. The Morgan fingerprint density at radius 2 is 1.31 bits per heavy atom. The summed E-state index contributed by atoms with van der Waals surface area (Å²) in [7, 11) is 3.08. The molecule has 0 atom stereocenters. The van der Waals surface area contributed by atoms with Gasteiger partial charge in [-0.2, -0.15) is 0 Å². The molecule has 0 amide bonds. The normalized spacial score (nSPS) is 14.5. The van der Waals surface area contributed by atoms with Crippen molar-refractivity contribution >= 4 is 22.7 Å². The molecule has 1 aliphatic rings. The van der Waals surface area contributed by atoms with E-state index in [0.29, 0.717) is 22.5 Å². The summed E-state index contributed by atoms with van der Waals surface area (Å²) >= 11 is 0. The van der Waals surface area contributed by atoms with E-state index in [1.54, 1.807) is 28.1 Å². The van der Waals surface area contributed by atoms with Gasteiger partial charge >= 0.3 is 11.9 Å². The number of fused-ring (bicyclic) bond motifs is 1. The van der Waals surface area contributed by atoms with Crippen molar-refractivity contribution in [2.45, 2.75) is 19.8 Å². The van der Waals surface area contributed by atoms with Crippen molar-refractivity contribution in [2.24, 2.45) is 0 Å². The van der Waals surface area contributed by atoms with E-state index < -0.39 is 17.9 Å². The fraction of sp³-hybridized carbons (Fsp3) is 0.360. The Morgan fingerprint density at radius 3 is 1.84 bits per heavy atom. The Labute approximate surface area is 188 Å². The Balaban J connectivity index is 2.07. The molecule has 1 aliphatic heterocycles. The number of carbonyl (C=O) groups excluding carboxylic acids is 2. The van der Waals surface area contributed by atoms with Crippen LogP contribution in [0.25, 0.3) is 10.8 Å². The highest BCUT2D eigenvalue weighted by molar-refractivity contribution is 6.00. The summed E-state index contributed by atoms with van der Waals surface area (Å²) in [6.45, 7) is 4.41. The molecule has 2 aromatic carbocycles. The molecule has 7 nitrogen and oxygen atoms in total. The first-order valence-corrected chi connectivity index (χ1v) is 10.5. The van der Waals surface area contributed by atoms with Gasteiger partial charge in [0, 0.05) is 25.6 Å². The number of dihydropyridines is 1. The quantitative estimate of drug-likeness (QED) is 0.473. The summed E-state index contributed by atoms with van der Waals surface area (Å²) < 4.78 is 20.9. The van der Waals surface area contributed by atoms with E-state index in [2.05, 4.69) is 5.32 Å². The SMILES string of the molecule is COCCOC(=O)C1=C(C)NC(C)=C(C(=O)OCCOC)C1c1ccc2ccccc2c1. The van der Waals surface area contributed by atoms with Crippen LogP contribution in [0, 0.1) is 0 Å². The number of nitrogens with one attached hydrogen (secondary N) is 1. The van der Waals surface area contributed by atoms with Crippen molar-refractivity contribution in [2.75, 3.05) is 40.6 Å². The molecule has 170 valence electrons. The second-order valence-corrected chi connectivity index (χ2v) is 7.50. The third-order valence-corrected chi connectivity index (χ3v) is 5.35. The second kappa shape index (κ2) is 10.9. The molecule has 0 unspecified atom stereocenters. The number of esters is 2. The zero-order chi connectivity index (χ0) is 23.1. The number of rotatable bonds is 9. The van der Waals surface area contributed by atoms with Crippen molar-refractivity contribution in [3.05, 3.63) is 70.6 Å². The van der Waals surface area contributed by atoms with Crippen molar-refractivity contribution in [3.63, 3.8) is 0 Å². The van der Waals surface area contributed by atoms with Gasteiger partial charge in [-0.3, -0.25) is 0 Å². The van der Waals surface area contributed by atoms with Crippen molar-refractivity contribution < 1.29 is 28.5 Å².